The molecular formula is C18H10F6N6O5. The fourth-order valence-electron chi connectivity index (χ4n) is 2.65. The summed E-state index contributed by atoms with van der Waals surface area (Å²) in [6, 6.07) is 3.83. The molecule has 0 spiro atoms. The molecule has 0 atom stereocenters. The molecule has 3 rings (SSSR count). The number of carbonyl (C=O) groups excluding carboxylic acids is 2. The van der Waals surface area contributed by atoms with Gasteiger partial charge in [0.25, 0.3) is 5.56 Å². The molecular weight excluding hydrogens is 494 g/mol. The van der Waals surface area contributed by atoms with Gasteiger partial charge in [-0.3, -0.25) is 29.6 Å². The summed E-state index contributed by atoms with van der Waals surface area (Å²) < 4.78 is 76.6. The van der Waals surface area contributed by atoms with Gasteiger partial charge in [0.2, 0.25) is 5.95 Å². The fraction of sp³-hybridized carbons (Fsp3) is 0.167. The number of aromatic nitrogens is 4. The number of benzene rings is 1. The lowest BCUT2D eigenvalue weighted by atomic mass is 10.2. The highest BCUT2D eigenvalue weighted by atomic mass is 19.4. The van der Waals surface area contributed by atoms with E-state index in [1.165, 1.54) is 5.32 Å². The highest BCUT2D eigenvalue weighted by Gasteiger charge is 2.43. The van der Waals surface area contributed by atoms with E-state index in [4.69, 9.17) is 5.11 Å². The number of aromatic amines is 1. The topological polar surface area (TPSA) is 158 Å². The van der Waals surface area contributed by atoms with Gasteiger partial charge < -0.3 is 5.11 Å². The van der Waals surface area contributed by atoms with Crippen LogP contribution in [-0.2, 0) is 16.1 Å². The van der Waals surface area contributed by atoms with Crippen LogP contribution in [0, 0.1) is 0 Å². The number of nitrogens with zero attached hydrogens (tertiary/aromatic N) is 4. The van der Waals surface area contributed by atoms with Gasteiger partial charge >= 0.3 is 30.1 Å². The minimum Gasteiger partial charge on any atom is -0.478 e. The van der Waals surface area contributed by atoms with Crippen LogP contribution in [0.2, 0.25) is 0 Å². The number of nitrogens with one attached hydrogen (secondary N) is 2. The van der Waals surface area contributed by atoms with Crippen LogP contribution in [0.5, 0.6) is 0 Å². The molecule has 2 aromatic heterocycles. The van der Waals surface area contributed by atoms with Crippen molar-refractivity contribution in [2.45, 2.75) is 18.9 Å². The standard InChI is InChI=1S/C18H10F6N6O5/c19-17(20,21)14(34)29-16-27-11-10(12(31)28-16)26-8(5-25-11)6-30(15(35)18(22,23)24)9-3-1-7(2-4-9)13(32)33/h1-5H,6H2,(H,32,33)(H2,25,27,28,29,31,34). The number of fused-ring (bicyclic) bond motifs is 1. The second-order valence-corrected chi connectivity index (χ2v) is 6.64. The van der Waals surface area contributed by atoms with Gasteiger partial charge in [-0.2, -0.15) is 31.3 Å². The van der Waals surface area contributed by atoms with Crippen molar-refractivity contribution < 1.29 is 45.8 Å². The first-order chi connectivity index (χ1) is 16.2. The Labute approximate surface area is 188 Å². The van der Waals surface area contributed by atoms with Gasteiger partial charge in [-0.1, -0.05) is 0 Å². The molecule has 11 nitrogen and oxygen atoms in total. The van der Waals surface area contributed by atoms with Crippen molar-refractivity contribution in [2.75, 3.05) is 10.2 Å². The van der Waals surface area contributed by atoms with E-state index in [1.807, 2.05) is 4.98 Å². The zero-order valence-corrected chi connectivity index (χ0v) is 16.7. The van der Waals surface area contributed by atoms with Gasteiger partial charge in [0.15, 0.2) is 11.2 Å². The van der Waals surface area contributed by atoms with E-state index < -0.39 is 59.4 Å². The first-order valence-corrected chi connectivity index (χ1v) is 9.03. The Bertz CT molecular complexity index is 1370. The number of amides is 2. The summed E-state index contributed by atoms with van der Waals surface area (Å²) in [4.78, 5) is 59.0. The largest absolute Gasteiger partial charge is 0.478 e. The SMILES string of the molecule is O=C(O)c1ccc(N(Cc2cnc3nc(NC(=O)C(F)(F)F)[nH]c(=O)c3n2)C(=O)C(F)(F)F)cc1. The molecule has 0 radical (unpaired) electrons. The molecule has 3 aromatic rings. The minimum atomic E-state index is -5.33. The summed E-state index contributed by atoms with van der Waals surface area (Å²) >= 11 is 0. The van der Waals surface area contributed by atoms with E-state index in [0.29, 0.717) is 0 Å². The van der Waals surface area contributed by atoms with Crippen LogP contribution in [0.4, 0.5) is 38.0 Å². The molecule has 0 saturated carbocycles. The number of halogens is 6. The van der Waals surface area contributed by atoms with Crippen LogP contribution in [0.1, 0.15) is 16.1 Å². The molecule has 0 saturated heterocycles. The predicted octanol–water partition coefficient (Wildman–Crippen LogP) is 2.01. The summed E-state index contributed by atoms with van der Waals surface area (Å²) in [5.41, 5.74) is -3.29. The Morgan fingerprint density at radius 1 is 1.00 bits per heavy atom. The van der Waals surface area contributed by atoms with Gasteiger partial charge in [-0.25, -0.2) is 14.8 Å². The summed E-state index contributed by atoms with van der Waals surface area (Å²) in [7, 11) is 0. The zero-order valence-electron chi connectivity index (χ0n) is 16.7. The van der Waals surface area contributed by atoms with Crippen LogP contribution < -0.4 is 15.8 Å². The van der Waals surface area contributed by atoms with Crippen LogP contribution in [0.15, 0.2) is 35.3 Å². The normalized spacial score (nSPS) is 11.8. The third-order valence-electron chi connectivity index (χ3n) is 4.19. The van der Waals surface area contributed by atoms with Crippen LogP contribution >= 0.6 is 0 Å². The molecule has 17 heteroatoms. The first-order valence-electron chi connectivity index (χ1n) is 9.03. The quantitative estimate of drug-likeness (QED) is 0.445. The molecule has 184 valence electrons. The number of hydrogen-bond donors (Lipinski definition) is 3. The van der Waals surface area contributed by atoms with Crippen molar-refractivity contribution >= 4 is 40.6 Å². The third-order valence-corrected chi connectivity index (χ3v) is 4.19. The first kappa shape index (κ1) is 25.1. The smallest absolute Gasteiger partial charge is 0.471 e. The molecule has 0 aliphatic rings. The van der Waals surface area contributed by atoms with Crippen LogP contribution in [0.3, 0.4) is 0 Å². The molecule has 0 aliphatic carbocycles. The Balaban J connectivity index is 1.97. The Hall–Kier alpha value is -4.57. The van der Waals surface area contributed by atoms with Gasteiger partial charge in [0, 0.05) is 5.69 Å². The Kier molecular flexibility index (Phi) is 6.44. The van der Waals surface area contributed by atoms with Gasteiger partial charge in [0.05, 0.1) is 24.0 Å². The molecule has 0 aliphatic heterocycles. The van der Waals surface area contributed by atoms with Gasteiger partial charge in [-0.15, -0.1) is 0 Å². The predicted molar refractivity (Wildman–Crippen MR) is 103 cm³/mol. The van der Waals surface area contributed by atoms with Gasteiger partial charge in [-0.05, 0) is 24.3 Å². The Morgan fingerprint density at radius 3 is 2.17 bits per heavy atom. The molecule has 0 fully saturated rings. The second-order valence-electron chi connectivity index (χ2n) is 6.64. The van der Waals surface area contributed by atoms with Crippen LogP contribution in [-0.4, -0.2) is 55.2 Å². The molecule has 1 aromatic carbocycles. The number of H-pyrrole nitrogens is 1. The highest BCUT2D eigenvalue weighted by Crippen LogP contribution is 2.26. The third kappa shape index (κ3) is 5.68. The summed E-state index contributed by atoms with van der Waals surface area (Å²) in [6.45, 7) is -0.875. The lowest BCUT2D eigenvalue weighted by Gasteiger charge is -2.23. The average Bonchev–Trinajstić information content (AvgIpc) is 2.76. The number of rotatable bonds is 5. The summed E-state index contributed by atoms with van der Waals surface area (Å²) in [5.74, 6) is -7.03. The van der Waals surface area contributed by atoms with E-state index in [1.54, 1.807) is 0 Å². The number of carbonyl (C=O) groups is 3. The molecule has 2 heterocycles. The minimum absolute atomic E-state index is 0.209. The van der Waals surface area contributed by atoms with Crippen molar-refractivity contribution in [1.29, 1.82) is 0 Å². The second kappa shape index (κ2) is 8.99. The van der Waals surface area contributed by atoms with E-state index in [-0.39, 0.29) is 21.8 Å². The van der Waals surface area contributed by atoms with Crippen molar-refractivity contribution in [1.82, 2.24) is 19.9 Å². The Morgan fingerprint density at radius 2 is 1.63 bits per heavy atom. The molecule has 0 bridgehead atoms. The van der Waals surface area contributed by atoms with Crippen LogP contribution in [0.25, 0.3) is 11.2 Å². The lowest BCUT2D eigenvalue weighted by Crippen LogP contribution is -2.41. The maximum Gasteiger partial charge on any atom is 0.471 e. The summed E-state index contributed by atoms with van der Waals surface area (Å²) in [6.07, 6.45) is -9.80. The number of alkyl halides is 6. The number of carboxylic acids is 1. The zero-order chi connectivity index (χ0) is 26.1. The molecule has 2 amide bonds. The number of carboxylic acid groups (broad SMARTS) is 1. The average molecular weight is 504 g/mol. The van der Waals surface area contributed by atoms with Gasteiger partial charge in [0.1, 0.15) is 0 Å². The van der Waals surface area contributed by atoms with E-state index in [0.717, 1.165) is 30.5 Å². The van der Waals surface area contributed by atoms with E-state index in [9.17, 15) is 45.5 Å². The summed E-state index contributed by atoms with van der Waals surface area (Å²) in [5, 5.41) is 10.2. The maximum absolute atomic E-state index is 13.1. The van der Waals surface area contributed by atoms with Crippen molar-refractivity contribution in [3.8, 4) is 0 Å². The lowest BCUT2D eigenvalue weighted by molar-refractivity contribution is -0.170. The van der Waals surface area contributed by atoms with Crippen molar-refractivity contribution in [3.05, 3.63) is 52.1 Å². The number of hydrogen-bond acceptors (Lipinski definition) is 7. The number of anilines is 2. The molecule has 35 heavy (non-hydrogen) atoms. The maximum atomic E-state index is 13.1. The number of aromatic carboxylic acids is 1. The molecule has 0 unspecified atom stereocenters. The van der Waals surface area contributed by atoms with E-state index in [2.05, 4.69) is 15.0 Å². The highest BCUT2D eigenvalue weighted by molar-refractivity contribution is 5.98. The molecule has 3 N–H and O–H groups in total. The van der Waals surface area contributed by atoms with Crippen molar-refractivity contribution in [2.24, 2.45) is 0 Å². The van der Waals surface area contributed by atoms with Crippen molar-refractivity contribution in [3.63, 3.8) is 0 Å². The van der Waals surface area contributed by atoms with E-state index >= 15 is 0 Å². The fourth-order valence-corrected chi connectivity index (χ4v) is 2.65. The monoisotopic (exact) mass is 504 g/mol.